The first-order valence-corrected chi connectivity index (χ1v) is 16.5. The van der Waals surface area contributed by atoms with Gasteiger partial charge in [0, 0.05) is 41.0 Å². The lowest BCUT2D eigenvalue weighted by Crippen LogP contribution is -2.28. The van der Waals surface area contributed by atoms with Crippen LogP contribution in [-0.2, 0) is 15.8 Å². The first kappa shape index (κ1) is 36.0. The lowest BCUT2D eigenvalue weighted by Gasteiger charge is -2.22. The van der Waals surface area contributed by atoms with Gasteiger partial charge in [-0.3, -0.25) is 14.4 Å². The number of rotatable bonds is 16. The summed E-state index contributed by atoms with van der Waals surface area (Å²) in [4.78, 5) is 37.1. The van der Waals surface area contributed by atoms with Gasteiger partial charge in [0.2, 0.25) is 0 Å². The van der Waals surface area contributed by atoms with Gasteiger partial charge in [-0.15, -0.1) is 0 Å². The molecule has 1 saturated carbocycles. The number of Topliss-reactive ketones (excluding diaryl/α,β-unsaturated/α-hetero) is 1. The number of hydrogen-bond acceptors (Lipinski definition) is 8. The number of aliphatic hydroxyl groups excluding tert-OH is 2. The van der Waals surface area contributed by atoms with Crippen molar-refractivity contribution in [2.24, 2.45) is 5.92 Å². The molecule has 0 spiro atoms. The summed E-state index contributed by atoms with van der Waals surface area (Å²) in [6.07, 6.45) is -2.61. The van der Waals surface area contributed by atoms with E-state index < -0.39 is 29.2 Å². The van der Waals surface area contributed by atoms with E-state index in [4.69, 9.17) is 9.47 Å². The number of thioether (sulfide) groups is 1. The van der Waals surface area contributed by atoms with Crippen LogP contribution in [0, 0.1) is 5.92 Å². The Morgan fingerprint density at radius 1 is 0.936 bits per heavy atom. The summed E-state index contributed by atoms with van der Waals surface area (Å²) in [7, 11) is 0. The van der Waals surface area contributed by atoms with Crippen LogP contribution in [-0.4, -0.2) is 57.7 Å². The quantitative estimate of drug-likeness (QED) is 0.0873. The van der Waals surface area contributed by atoms with E-state index >= 15 is 0 Å². The molecule has 47 heavy (non-hydrogen) atoms. The summed E-state index contributed by atoms with van der Waals surface area (Å²) in [5, 5.41) is 23.2. The molecule has 0 bridgehead atoms. The number of esters is 1. The van der Waals surface area contributed by atoms with Crippen LogP contribution in [0.3, 0.4) is 0 Å². The van der Waals surface area contributed by atoms with Gasteiger partial charge in [-0.05, 0) is 67.4 Å². The fraction of sp³-hybridized carbons (Fsp3) is 0.400. The molecule has 252 valence electrons. The number of hydrogen-bond donors (Lipinski definition) is 3. The fourth-order valence-electron chi connectivity index (χ4n) is 5.27. The molecule has 0 aliphatic heterocycles. The highest BCUT2D eigenvalue weighted by atomic mass is 32.2. The van der Waals surface area contributed by atoms with E-state index in [1.54, 1.807) is 48.5 Å². The summed E-state index contributed by atoms with van der Waals surface area (Å²) >= 11 is 1.27. The van der Waals surface area contributed by atoms with Gasteiger partial charge in [0.1, 0.15) is 23.9 Å². The van der Waals surface area contributed by atoms with Gasteiger partial charge in [0.15, 0.2) is 0 Å². The van der Waals surface area contributed by atoms with Crippen LogP contribution < -0.4 is 14.8 Å². The highest BCUT2D eigenvalue weighted by Gasteiger charge is 2.41. The van der Waals surface area contributed by atoms with Crippen LogP contribution in [0.15, 0.2) is 78.9 Å². The molecule has 0 radical (unpaired) electrons. The Morgan fingerprint density at radius 3 is 2.38 bits per heavy atom. The number of ether oxygens (including phenoxy) is 2. The lowest BCUT2D eigenvalue weighted by molar-refractivity contribution is -0.138. The van der Waals surface area contributed by atoms with Crippen LogP contribution >= 0.6 is 11.8 Å². The van der Waals surface area contributed by atoms with E-state index in [1.807, 2.05) is 6.07 Å². The third kappa shape index (κ3) is 11.4. The van der Waals surface area contributed by atoms with Crippen molar-refractivity contribution >= 4 is 35.1 Å². The van der Waals surface area contributed by atoms with Crippen LogP contribution in [0.2, 0.25) is 0 Å². The first-order valence-electron chi connectivity index (χ1n) is 15.5. The Hall–Kier alpha value is -3.87. The Morgan fingerprint density at radius 2 is 1.66 bits per heavy atom. The summed E-state index contributed by atoms with van der Waals surface area (Å²) < 4.78 is 49.5. The van der Waals surface area contributed by atoms with E-state index in [0.29, 0.717) is 29.8 Å². The smallest absolute Gasteiger partial charge is 0.416 e. The van der Waals surface area contributed by atoms with Crippen molar-refractivity contribution in [3.05, 3.63) is 90.0 Å². The minimum Gasteiger partial charge on any atom is -0.491 e. The molecule has 1 unspecified atom stereocenters. The number of carbonyl (C=O) groups is 3. The molecular weight excluding hydrogens is 635 g/mol. The number of anilines is 1. The minimum absolute atomic E-state index is 0.00815. The number of halogens is 3. The average molecular weight is 674 g/mol. The van der Waals surface area contributed by atoms with Crippen molar-refractivity contribution in [1.82, 2.24) is 0 Å². The summed E-state index contributed by atoms with van der Waals surface area (Å²) in [5.41, 5.74) is 0.267. The zero-order chi connectivity index (χ0) is 33.8. The SMILES string of the molecule is O=C(CCCCCC[C@H]1C(=O)C[C@@H](O)[C@@H]1SCC(O)COc1cccc(C(F)(F)F)c1)Oc1ccc(NC(=O)c2ccccc2)cc1. The van der Waals surface area contributed by atoms with Crippen molar-refractivity contribution in [3.63, 3.8) is 0 Å². The molecule has 1 fully saturated rings. The molecule has 0 heterocycles. The molecule has 3 aromatic carbocycles. The number of amides is 1. The number of carbonyl (C=O) groups excluding carboxylic acids is 3. The van der Waals surface area contributed by atoms with Gasteiger partial charge in [-0.1, -0.05) is 43.5 Å². The normalized spacial score (nSPS) is 18.5. The zero-order valence-corrected chi connectivity index (χ0v) is 26.5. The van der Waals surface area contributed by atoms with E-state index in [9.17, 15) is 37.8 Å². The van der Waals surface area contributed by atoms with Crippen molar-refractivity contribution < 1.29 is 47.2 Å². The van der Waals surface area contributed by atoms with E-state index in [-0.39, 0.29) is 54.5 Å². The maximum absolute atomic E-state index is 12.9. The monoisotopic (exact) mass is 673 g/mol. The molecule has 8 nitrogen and oxygen atoms in total. The van der Waals surface area contributed by atoms with Gasteiger partial charge in [-0.2, -0.15) is 24.9 Å². The first-order chi connectivity index (χ1) is 22.5. The molecule has 1 aliphatic rings. The number of nitrogens with one attached hydrogen (secondary N) is 1. The number of benzene rings is 3. The van der Waals surface area contributed by atoms with Crippen LogP contribution in [0.4, 0.5) is 18.9 Å². The zero-order valence-electron chi connectivity index (χ0n) is 25.7. The predicted molar refractivity (Wildman–Crippen MR) is 172 cm³/mol. The van der Waals surface area contributed by atoms with Crippen molar-refractivity contribution in [2.75, 3.05) is 17.7 Å². The fourth-order valence-corrected chi connectivity index (χ4v) is 6.65. The maximum atomic E-state index is 12.9. The Balaban J connectivity index is 1.10. The standard InChI is InChI=1S/C35H38F3NO7S/c36-35(37,38)24-11-8-12-28(19-24)45-21-26(40)22-47-33-29(30(41)20-31(33)42)13-6-1-2-7-14-32(43)46-27-17-15-25(16-18-27)39-34(44)23-9-4-3-5-10-23/h3-5,8-12,15-19,26,29,31,33,40,42H,1-2,6-7,13-14,20-22H2,(H,39,44)/t26?,29-,31+,33+/m0/s1. The topological polar surface area (TPSA) is 122 Å². The van der Waals surface area contributed by atoms with Crippen LogP contribution in [0.25, 0.3) is 0 Å². The Bertz CT molecular complexity index is 1470. The molecular formula is C35H38F3NO7S. The minimum atomic E-state index is -4.50. The molecule has 1 aliphatic carbocycles. The van der Waals surface area contributed by atoms with Crippen molar-refractivity contribution in [3.8, 4) is 11.5 Å². The van der Waals surface area contributed by atoms with Gasteiger partial charge in [-0.25, -0.2) is 0 Å². The second kappa shape index (κ2) is 17.3. The number of ketones is 1. The Labute approximate surface area is 275 Å². The lowest BCUT2D eigenvalue weighted by atomic mass is 9.98. The molecule has 0 saturated heterocycles. The van der Waals surface area contributed by atoms with Gasteiger partial charge in [0.05, 0.1) is 17.8 Å². The van der Waals surface area contributed by atoms with Crippen molar-refractivity contribution in [1.29, 1.82) is 0 Å². The van der Waals surface area contributed by atoms with Crippen LogP contribution in [0.5, 0.6) is 11.5 Å². The highest BCUT2D eigenvalue weighted by molar-refractivity contribution is 8.00. The molecule has 3 N–H and O–H groups in total. The average Bonchev–Trinajstić information content (AvgIpc) is 3.32. The third-order valence-electron chi connectivity index (χ3n) is 7.71. The molecule has 4 atom stereocenters. The largest absolute Gasteiger partial charge is 0.491 e. The summed E-state index contributed by atoms with van der Waals surface area (Å²) in [6, 6.07) is 19.8. The van der Waals surface area contributed by atoms with Gasteiger partial charge < -0.3 is 25.0 Å². The molecule has 0 aromatic heterocycles. The Kier molecular flexibility index (Phi) is 13.3. The molecule has 1 amide bonds. The molecule has 4 rings (SSSR count). The van der Waals surface area contributed by atoms with E-state index in [2.05, 4.69) is 5.32 Å². The van der Waals surface area contributed by atoms with Crippen molar-refractivity contribution in [2.45, 2.75) is 68.6 Å². The number of unbranched alkanes of at least 4 members (excludes halogenated alkanes) is 3. The second-order valence-electron chi connectivity index (χ2n) is 11.4. The molecule has 12 heteroatoms. The second-order valence-corrected chi connectivity index (χ2v) is 12.6. The highest BCUT2D eigenvalue weighted by Crippen LogP contribution is 2.37. The number of alkyl halides is 3. The number of aliphatic hydroxyl groups is 2. The van der Waals surface area contributed by atoms with E-state index in [0.717, 1.165) is 31.4 Å². The van der Waals surface area contributed by atoms with E-state index in [1.165, 1.54) is 23.9 Å². The summed E-state index contributed by atoms with van der Waals surface area (Å²) in [5.74, 6) is -0.480. The molecule has 3 aromatic rings. The summed E-state index contributed by atoms with van der Waals surface area (Å²) in [6.45, 7) is -0.226. The van der Waals surface area contributed by atoms with Crippen LogP contribution in [0.1, 0.15) is 60.9 Å². The van der Waals surface area contributed by atoms with Gasteiger partial charge >= 0.3 is 12.1 Å². The maximum Gasteiger partial charge on any atom is 0.416 e. The third-order valence-corrected chi connectivity index (χ3v) is 9.32. The van der Waals surface area contributed by atoms with Gasteiger partial charge in [0.25, 0.3) is 5.91 Å². The predicted octanol–water partition coefficient (Wildman–Crippen LogP) is 6.70.